The van der Waals surface area contributed by atoms with Gasteiger partial charge in [0.2, 0.25) is 5.91 Å². The van der Waals surface area contributed by atoms with E-state index in [0.29, 0.717) is 11.4 Å². The fourth-order valence-corrected chi connectivity index (χ4v) is 1.79. The minimum absolute atomic E-state index is 0.132. The molecule has 4 nitrogen and oxygen atoms in total. The van der Waals surface area contributed by atoms with Gasteiger partial charge in [-0.05, 0) is 6.07 Å². The van der Waals surface area contributed by atoms with Crippen LogP contribution in [0.15, 0.2) is 42.6 Å². The molecule has 0 atom stereocenters. The zero-order valence-corrected chi connectivity index (χ0v) is 10.2. The van der Waals surface area contributed by atoms with E-state index in [1.54, 1.807) is 12.3 Å². The number of hydrogen-bond donors (Lipinski definition) is 0. The van der Waals surface area contributed by atoms with Crippen molar-refractivity contribution in [1.29, 1.82) is 0 Å². The van der Waals surface area contributed by atoms with E-state index >= 15 is 0 Å². The summed E-state index contributed by atoms with van der Waals surface area (Å²) >= 11 is 0. The van der Waals surface area contributed by atoms with Gasteiger partial charge in [-0.15, -0.1) is 0 Å². The summed E-state index contributed by atoms with van der Waals surface area (Å²) in [5.74, 6) is -0.148. The summed E-state index contributed by atoms with van der Waals surface area (Å²) < 4.78 is 6.58. The van der Waals surface area contributed by atoms with Gasteiger partial charge in [0.25, 0.3) is 0 Å². The van der Waals surface area contributed by atoms with E-state index in [4.69, 9.17) is 4.74 Å². The Morgan fingerprint density at radius 1 is 1.06 bits per heavy atom. The molecule has 1 aromatic heterocycles. The van der Waals surface area contributed by atoms with Gasteiger partial charge in [-0.2, -0.15) is 0 Å². The van der Waals surface area contributed by atoms with Crippen LogP contribution < -0.4 is 4.74 Å². The van der Waals surface area contributed by atoms with Gasteiger partial charge in [-0.3, -0.25) is 14.2 Å². The smallest absolute Gasteiger partial charge is 0.308 e. The van der Waals surface area contributed by atoms with Gasteiger partial charge in [0.1, 0.15) is 0 Å². The molecule has 1 heterocycles. The molecule has 18 heavy (non-hydrogen) atoms. The van der Waals surface area contributed by atoms with Crippen LogP contribution in [0, 0.1) is 0 Å². The Hall–Kier alpha value is -2.36. The molecule has 2 rings (SSSR count). The summed E-state index contributed by atoms with van der Waals surface area (Å²) in [5.41, 5.74) is 1.42. The Morgan fingerprint density at radius 2 is 1.72 bits per heavy atom. The molecule has 1 aromatic carbocycles. The zero-order chi connectivity index (χ0) is 13.1. The third-order valence-electron chi connectivity index (χ3n) is 2.49. The van der Waals surface area contributed by atoms with Gasteiger partial charge in [-0.25, -0.2) is 0 Å². The molecule has 0 spiro atoms. The molecule has 0 saturated heterocycles. The second-order valence-corrected chi connectivity index (χ2v) is 3.88. The predicted octanol–water partition coefficient (Wildman–Crippen LogP) is 2.74. The topological polar surface area (TPSA) is 48.3 Å². The van der Waals surface area contributed by atoms with Crippen molar-refractivity contribution in [3.8, 4) is 17.0 Å². The van der Waals surface area contributed by atoms with Crippen LogP contribution in [-0.4, -0.2) is 16.4 Å². The van der Waals surface area contributed by atoms with Crippen molar-refractivity contribution < 1.29 is 14.3 Å². The first-order valence-electron chi connectivity index (χ1n) is 5.55. The van der Waals surface area contributed by atoms with E-state index in [2.05, 4.69) is 0 Å². The van der Waals surface area contributed by atoms with Crippen molar-refractivity contribution in [3.63, 3.8) is 0 Å². The maximum Gasteiger partial charge on any atom is 0.308 e. The third kappa shape index (κ3) is 2.32. The molecule has 0 aliphatic heterocycles. The molecule has 92 valence electrons. The second kappa shape index (κ2) is 4.87. The standard InChI is InChI=1S/C14H13NO3/c1-10(16)15-9-8-13(18-11(2)17)14(15)12-6-4-3-5-7-12/h3-9H,1-2H3. The molecule has 0 radical (unpaired) electrons. The number of aromatic nitrogens is 1. The molecule has 0 aliphatic rings. The minimum Gasteiger partial charge on any atom is -0.424 e. The lowest BCUT2D eigenvalue weighted by Crippen LogP contribution is -2.07. The van der Waals surface area contributed by atoms with Crippen molar-refractivity contribution in [2.24, 2.45) is 0 Å². The molecule has 4 heteroatoms. The van der Waals surface area contributed by atoms with Crippen LogP contribution in [0.3, 0.4) is 0 Å². The molecule has 0 unspecified atom stereocenters. The lowest BCUT2D eigenvalue weighted by atomic mass is 10.1. The number of benzene rings is 1. The highest BCUT2D eigenvalue weighted by molar-refractivity contribution is 5.86. The van der Waals surface area contributed by atoms with Crippen molar-refractivity contribution in [2.45, 2.75) is 13.8 Å². The number of ether oxygens (including phenoxy) is 1. The van der Waals surface area contributed by atoms with Crippen molar-refractivity contribution >= 4 is 11.9 Å². The highest BCUT2D eigenvalue weighted by Gasteiger charge is 2.16. The Labute approximate surface area is 105 Å². The number of rotatable bonds is 2. The first-order chi connectivity index (χ1) is 8.59. The maximum absolute atomic E-state index is 11.6. The molecule has 0 N–H and O–H groups in total. The number of carbonyl (C=O) groups is 2. The average Bonchev–Trinajstić information content (AvgIpc) is 2.73. The molecule has 2 aromatic rings. The first-order valence-corrected chi connectivity index (χ1v) is 5.55. The summed E-state index contributed by atoms with van der Waals surface area (Å²) in [6.07, 6.45) is 1.60. The fourth-order valence-electron chi connectivity index (χ4n) is 1.79. The van der Waals surface area contributed by atoms with Gasteiger partial charge >= 0.3 is 5.97 Å². The Morgan fingerprint density at radius 3 is 2.28 bits per heavy atom. The lowest BCUT2D eigenvalue weighted by molar-refractivity contribution is -0.131. The fraction of sp³-hybridized carbons (Fsp3) is 0.143. The van der Waals surface area contributed by atoms with Crippen LogP contribution in [0.2, 0.25) is 0 Å². The Bertz CT molecular complexity index is 584. The summed E-state index contributed by atoms with van der Waals surface area (Å²) in [6, 6.07) is 11.0. The molecule has 0 amide bonds. The van der Waals surface area contributed by atoms with Gasteiger partial charge in [0.05, 0.1) is 5.69 Å². The van der Waals surface area contributed by atoms with Crippen LogP contribution in [0.1, 0.15) is 18.6 Å². The Kier molecular flexibility index (Phi) is 3.28. The van der Waals surface area contributed by atoms with Crippen molar-refractivity contribution in [1.82, 2.24) is 4.57 Å². The van der Waals surface area contributed by atoms with E-state index in [1.807, 2.05) is 30.3 Å². The van der Waals surface area contributed by atoms with E-state index in [9.17, 15) is 9.59 Å². The van der Waals surface area contributed by atoms with E-state index in [0.717, 1.165) is 5.56 Å². The van der Waals surface area contributed by atoms with Crippen LogP contribution in [0.5, 0.6) is 5.75 Å². The Balaban J connectivity index is 2.57. The van der Waals surface area contributed by atoms with Crippen molar-refractivity contribution in [3.05, 3.63) is 42.6 Å². The first kappa shape index (κ1) is 12.1. The maximum atomic E-state index is 11.6. The summed E-state index contributed by atoms with van der Waals surface area (Å²) in [5, 5.41) is 0. The molecule has 0 fully saturated rings. The van der Waals surface area contributed by atoms with E-state index < -0.39 is 5.97 Å². The van der Waals surface area contributed by atoms with E-state index in [-0.39, 0.29) is 5.91 Å². The molecule has 0 saturated carbocycles. The SMILES string of the molecule is CC(=O)Oc1ccn(C(C)=O)c1-c1ccccc1. The van der Waals surface area contributed by atoms with Gasteiger partial charge in [-0.1, -0.05) is 30.3 Å². The third-order valence-corrected chi connectivity index (χ3v) is 2.49. The van der Waals surface area contributed by atoms with Crippen molar-refractivity contribution in [2.75, 3.05) is 0 Å². The number of hydrogen-bond acceptors (Lipinski definition) is 3. The van der Waals surface area contributed by atoms with Crippen LogP contribution in [0.25, 0.3) is 11.3 Å². The quantitative estimate of drug-likeness (QED) is 0.762. The average molecular weight is 243 g/mol. The monoisotopic (exact) mass is 243 g/mol. The normalized spacial score (nSPS) is 10.1. The second-order valence-electron chi connectivity index (χ2n) is 3.88. The molecule has 0 bridgehead atoms. The largest absolute Gasteiger partial charge is 0.424 e. The van der Waals surface area contributed by atoms with Gasteiger partial charge in [0, 0.05) is 25.6 Å². The van der Waals surface area contributed by atoms with Gasteiger partial charge in [0.15, 0.2) is 5.75 Å². The minimum atomic E-state index is -0.409. The van der Waals surface area contributed by atoms with Crippen LogP contribution >= 0.6 is 0 Å². The van der Waals surface area contributed by atoms with Gasteiger partial charge < -0.3 is 4.74 Å². The number of esters is 1. The molecular formula is C14H13NO3. The number of nitrogens with zero attached hydrogens (tertiary/aromatic N) is 1. The van der Waals surface area contributed by atoms with Crippen LogP contribution in [0.4, 0.5) is 0 Å². The summed E-state index contributed by atoms with van der Waals surface area (Å²) in [7, 11) is 0. The highest BCUT2D eigenvalue weighted by Crippen LogP contribution is 2.31. The highest BCUT2D eigenvalue weighted by atomic mass is 16.5. The predicted molar refractivity (Wildman–Crippen MR) is 67.5 cm³/mol. The summed E-state index contributed by atoms with van der Waals surface area (Å²) in [4.78, 5) is 22.6. The number of carbonyl (C=O) groups excluding carboxylic acids is 2. The van der Waals surface area contributed by atoms with Crippen LogP contribution in [-0.2, 0) is 4.79 Å². The molecule has 0 aliphatic carbocycles. The zero-order valence-electron chi connectivity index (χ0n) is 10.2. The lowest BCUT2D eigenvalue weighted by Gasteiger charge is -2.08. The van der Waals surface area contributed by atoms with E-state index in [1.165, 1.54) is 18.4 Å². The molecular weight excluding hydrogens is 230 g/mol. The summed E-state index contributed by atoms with van der Waals surface area (Å²) in [6.45, 7) is 2.80.